The van der Waals surface area contributed by atoms with E-state index in [1.165, 1.54) is 5.56 Å². The van der Waals surface area contributed by atoms with E-state index in [2.05, 4.69) is 12.1 Å². The Morgan fingerprint density at radius 3 is 2.36 bits per heavy atom. The van der Waals surface area contributed by atoms with Crippen LogP contribution in [0.15, 0.2) is 30.3 Å². The summed E-state index contributed by atoms with van der Waals surface area (Å²) in [6.45, 7) is 0.902. The van der Waals surface area contributed by atoms with Crippen LogP contribution in [0.5, 0.6) is 0 Å². The van der Waals surface area contributed by atoms with Crippen LogP contribution in [0, 0.1) is 5.41 Å². The fourth-order valence-electron chi connectivity index (χ4n) is 1.89. The second-order valence-electron chi connectivity index (χ2n) is 3.74. The Kier molecular flexibility index (Phi) is 2.15. The van der Waals surface area contributed by atoms with Gasteiger partial charge in [0.25, 0.3) is 0 Å². The predicted octanol–water partition coefficient (Wildman–Crippen LogP) is 1.54. The van der Waals surface area contributed by atoms with Gasteiger partial charge in [-0.25, -0.2) is 0 Å². The monoisotopic (exact) mass is 189 g/mol. The number of hydrogen-bond acceptors (Lipinski definition) is 1. The molecule has 2 rings (SSSR count). The molecule has 3 heteroatoms. The molecular weight excluding hydrogens is 174 g/mol. The van der Waals surface area contributed by atoms with E-state index in [9.17, 15) is 0 Å². The van der Waals surface area contributed by atoms with Crippen LogP contribution in [0.25, 0.3) is 0 Å². The van der Waals surface area contributed by atoms with Gasteiger partial charge in [0.05, 0.1) is 6.04 Å². The van der Waals surface area contributed by atoms with Gasteiger partial charge in [0.2, 0.25) is 0 Å². The van der Waals surface area contributed by atoms with E-state index in [1.807, 2.05) is 42.1 Å². The van der Waals surface area contributed by atoms with E-state index in [4.69, 9.17) is 5.41 Å². The van der Waals surface area contributed by atoms with E-state index in [1.54, 1.807) is 0 Å². The predicted molar refractivity (Wildman–Crippen MR) is 57.3 cm³/mol. The van der Waals surface area contributed by atoms with E-state index in [0.29, 0.717) is 12.0 Å². The highest BCUT2D eigenvalue weighted by Gasteiger charge is 2.29. The number of hydrogen-bond donors (Lipinski definition) is 1. The molecule has 1 unspecified atom stereocenters. The summed E-state index contributed by atoms with van der Waals surface area (Å²) in [6.07, 6.45) is 0. The smallest absolute Gasteiger partial charge is 0.193 e. The topological polar surface area (TPSA) is 30.3 Å². The Labute approximate surface area is 84.5 Å². The first-order valence-corrected chi connectivity index (χ1v) is 4.77. The molecule has 0 aliphatic carbocycles. The summed E-state index contributed by atoms with van der Waals surface area (Å²) in [5, 5.41) is 7.79. The summed E-state index contributed by atoms with van der Waals surface area (Å²) in [5.41, 5.74) is 1.28. The molecule has 14 heavy (non-hydrogen) atoms. The fourth-order valence-corrected chi connectivity index (χ4v) is 1.89. The zero-order valence-corrected chi connectivity index (χ0v) is 8.57. The van der Waals surface area contributed by atoms with Crippen LogP contribution in [-0.4, -0.2) is 36.4 Å². The van der Waals surface area contributed by atoms with Crippen molar-refractivity contribution in [2.24, 2.45) is 0 Å². The Bertz CT molecular complexity index is 334. The highest BCUT2D eigenvalue weighted by atomic mass is 15.4. The Hall–Kier alpha value is -1.51. The summed E-state index contributed by atoms with van der Waals surface area (Å²) in [6, 6.07) is 10.7. The normalized spacial score (nSPS) is 21.9. The van der Waals surface area contributed by atoms with E-state index < -0.39 is 0 Å². The first-order chi connectivity index (χ1) is 6.70. The lowest BCUT2D eigenvalue weighted by molar-refractivity contribution is 0.412. The molecule has 0 aromatic heterocycles. The molecule has 0 spiro atoms. The lowest BCUT2D eigenvalue weighted by Crippen LogP contribution is -2.27. The quantitative estimate of drug-likeness (QED) is 0.726. The summed E-state index contributed by atoms with van der Waals surface area (Å²) in [7, 11) is 3.94. The highest BCUT2D eigenvalue weighted by molar-refractivity contribution is 5.79. The molecule has 1 heterocycles. The second kappa shape index (κ2) is 3.33. The maximum absolute atomic E-state index is 7.79. The van der Waals surface area contributed by atoms with Crippen molar-refractivity contribution >= 4 is 5.96 Å². The zero-order valence-electron chi connectivity index (χ0n) is 8.57. The van der Waals surface area contributed by atoms with Crippen molar-refractivity contribution in [3.63, 3.8) is 0 Å². The van der Waals surface area contributed by atoms with Gasteiger partial charge in [-0.1, -0.05) is 30.3 Å². The van der Waals surface area contributed by atoms with Gasteiger partial charge in [-0.15, -0.1) is 0 Å². The Balaban J connectivity index is 2.26. The molecule has 0 bridgehead atoms. The van der Waals surface area contributed by atoms with Crippen LogP contribution < -0.4 is 0 Å². The number of rotatable bonds is 1. The maximum Gasteiger partial charge on any atom is 0.193 e. The molecule has 3 nitrogen and oxygen atoms in total. The van der Waals surface area contributed by atoms with Crippen LogP contribution >= 0.6 is 0 Å². The highest BCUT2D eigenvalue weighted by Crippen LogP contribution is 2.25. The molecule has 1 aliphatic heterocycles. The van der Waals surface area contributed by atoms with Crippen molar-refractivity contribution in [3.05, 3.63) is 35.9 Å². The van der Waals surface area contributed by atoms with E-state index in [0.717, 1.165) is 6.54 Å². The van der Waals surface area contributed by atoms with Crippen LogP contribution in [0.3, 0.4) is 0 Å². The minimum absolute atomic E-state index is 0.327. The zero-order chi connectivity index (χ0) is 10.1. The molecule has 0 radical (unpaired) electrons. The number of benzene rings is 1. The van der Waals surface area contributed by atoms with Gasteiger partial charge < -0.3 is 9.80 Å². The summed E-state index contributed by atoms with van der Waals surface area (Å²) >= 11 is 0. The second-order valence-corrected chi connectivity index (χ2v) is 3.74. The lowest BCUT2D eigenvalue weighted by atomic mass is 10.1. The van der Waals surface area contributed by atoms with Gasteiger partial charge in [0.1, 0.15) is 0 Å². The van der Waals surface area contributed by atoms with Gasteiger partial charge in [-0.2, -0.15) is 0 Å². The van der Waals surface area contributed by atoms with E-state index in [-0.39, 0.29) is 0 Å². The third kappa shape index (κ3) is 1.35. The molecule has 1 aliphatic rings. The summed E-state index contributed by atoms with van der Waals surface area (Å²) in [5.74, 6) is 0.596. The average molecular weight is 189 g/mol. The average Bonchev–Trinajstić information content (AvgIpc) is 2.47. The van der Waals surface area contributed by atoms with Crippen molar-refractivity contribution < 1.29 is 0 Å². The van der Waals surface area contributed by atoms with Gasteiger partial charge in [-0.3, -0.25) is 5.41 Å². The molecule has 1 fully saturated rings. The molecule has 1 N–H and O–H groups in total. The van der Waals surface area contributed by atoms with Crippen molar-refractivity contribution in [1.82, 2.24) is 9.80 Å². The fraction of sp³-hybridized carbons (Fsp3) is 0.364. The van der Waals surface area contributed by atoms with Gasteiger partial charge >= 0.3 is 0 Å². The van der Waals surface area contributed by atoms with Crippen LogP contribution in [0.1, 0.15) is 11.6 Å². The molecule has 1 aromatic carbocycles. The van der Waals surface area contributed by atoms with Gasteiger partial charge in [0, 0.05) is 20.6 Å². The minimum Gasteiger partial charge on any atom is -0.344 e. The third-order valence-electron chi connectivity index (χ3n) is 2.79. The van der Waals surface area contributed by atoms with Crippen molar-refractivity contribution in [2.75, 3.05) is 20.6 Å². The minimum atomic E-state index is 0.327. The van der Waals surface area contributed by atoms with Crippen LogP contribution in [0.4, 0.5) is 0 Å². The third-order valence-corrected chi connectivity index (χ3v) is 2.79. The molecular formula is C11H15N3. The number of nitrogens with one attached hydrogen (secondary N) is 1. The number of nitrogens with zero attached hydrogens (tertiary/aromatic N) is 2. The molecule has 1 saturated heterocycles. The molecule has 1 aromatic rings. The lowest BCUT2D eigenvalue weighted by Gasteiger charge is -2.19. The van der Waals surface area contributed by atoms with Crippen LogP contribution in [-0.2, 0) is 0 Å². The Morgan fingerprint density at radius 1 is 1.21 bits per heavy atom. The summed E-state index contributed by atoms with van der Waals surface area (Å²) in [4.78, 5) is 3.98. The summed E-state index contributed by atoms with van der Waals surface area (Å²) < 4.78 is 0. The largest absolute Gasteiger partial charge is 0.344 e. The first-order valence-electron chi connectivity index (χ1n) is 4.77. The standard InChI is InChI=1S/C11H15N3/c1-13-8-10(14(2)11(13)12)9-6-4-3-5-7-9/h3-7,10,12H,8H2,1-2H3. The van der Waals surface area contributed by atoms with Crippen molar-refractivity contribution in [1.29, 1.82) is 5.41 Å². The van der Waals surface area contributed by atoms with Gasteiger partial charge in [-0.05, 0) is 5.56 Å². The van der Waals surface area contributed by atoms with Crippen molar-refractivity contribution in [3.8, 4) is 0 Å². The number of likely N-dealkylation sites (N-methyl/N-ethyl adjacent to an activating group) is 2. The molecule has 0 amide bonds. The van der Waals surface area contributed by atoms with Crippen molar-refractivity contribution in [2.45, 2.75) is 6.04 Å². The molecule has 74 valence electrons. The van der Waals surface area contributed by atoms with E-state index >= 15 is 0 Å². The SMILES string of the molecule is CN1CC(c2ccccc2)N(C)C1=N. The van der Waals surface area contributed by atoms with Gasteiger partial charge in [0.15, 0.2) is 5.96 Å². The molecule has 1 atom stereocenters. The van der Waals surface area contributed by atoms with Crippen LogP contribution in [0.2, 0.25) is 0 Å². The molecule has 0 saturated carbocycles. The Morgan fingerprint density at radius 2 is 1.86 bits per heavy atom. The maximum atomic E-state index is 7.79. The number of guanidine groups is 1. The first kappa shape index (κ1) is 9.06.